The Balaban J connectivity index is 1.46. The third-order valence-electron chi connectivity index (χ3n) is 5.37. The first kappa shape index (κ1) is 17.0. The highest BCUT2D eigenvalue weighted by Gasteiger charge is 2.39. The van der Waals surface area contributed by atoms with Gasteiger partial charge in [-0.2, -0.15) is 0 Å². The van der Waals surface area contributed by atoms with Gasteiger partial charge in [0, 0.05) is 12.1 Å². The van der Waals surface area contributed by atoms with Crippen LogP contribution in [0.3, 0.4) is 0 Å². The lowest BCUT2D eigenvalue weighted by molar-refractivity contribution is -0.122. The number of nitrogens with one attached hydrogen (secondary N) is 1. The lowest BCUT2D eigenvalue weighted by atomic mass is 9.78. The topological polar surface area (TPSA) is 75.4 Å². The maximum absolute atomic E-state index is 13.8. The number of hydrogen-bond donors (Lipinski definition) is 1. The maximum Gasteiger partial charge on any atom is 0.297 e. The highest BCUT2D eigenvalue weighted by atomic mass is 19.1. The summed E-state index contributed by atoms with van der Waals surface area (Å²) in [6.45, 7) is 0. The first-order valence-electron chi connectivity index (χ1n) is 9.50. The van der Waals surface area contributed by atoms with Crippen LogP contribution in [0.15, 0.2) is 63.2 Å². The predicted octanol–water partition coefficient (Wildman–Crippen LogP) is 3.23. The van der Waals surface area contributed by atoms with Crippen molar-refractivity contribution in [3.05, 3.63) is 59.6 Å². The van der Waals surface area contributed by atoms with Crippen molar-refractivity contribution < 1.29 is 13.9 Å². The van der Waals surface area contributed by atoms with Crippen molar-refractivity contribution >= 4 is 23.5 Å². The molecule has 4 aliphatic rings. The number of carbonyl (C=O) groups excluding carboxylic acids is 1. The van der Waals surface area contributed by atoms with Crippen LogP contribution in [0, 0.1) is 11.7 Å². The van der Waals surface area contributed by atoms with Gasteiger partial charge in [0.25, 0.3) is 6.02 Å². The lowest BCUT2D eigenvalue weighted by Gasteiger charge is -2.32. The summed E-state index contributed by atoms with van der Waals surface area (Å²) in [6.07, 6.45) is 8.68. The van der Waals surface area contributed by atoms with Crippen molar-refractivity contribution in [2.24, 2.45) is 20.9 Å². The van der Waals surface area contributed by atoms with Crippen molar-refractivity contribution in [2.45, 2.75) is 37.8 Å². The number of nitrogens with zero attached hydrogens (tertiary/aromatic N) is 3. The predicted molar refractivity (Wildman–Crippen MR) is 104 cm³/mol. The molecule has 28 heavy (non-hydrogen) atoms. The number of fused-ring (bicyclic) bond motifs is 2. The minimum absolute atomic E-state index is 0.0210. The number of benzene rings is 1. The smallest absolute Gasteiger partial charge is 0.297 e. The molecule has 2 aliphatic carbocycles. The summed E-state index contributed by atoms with van der Waals surface area (Å²) in [4.78, 5) is 26.3. The Labute approximate surface area is 161 Å². The van der Waals surface area contributed by atoms with Gasteiger partial charge in [-0.3, -0.25) is 10.1 Å². The Hall–Kier alpha value is -3.09. The minimum atomic E-state index is -0.497. The van der Waals surface area contributed by atoms with Gasteiger partial charge in [0.05, 0.1) is 12.0 Å². The third kappa shape index (κ3) is 3.06. The zero-order chi connectivity index (χ0) is 19.1. The van der Waals surface area contributed by atoms with E-state index in [1.165, 1.54) is 12.1 Å². The molecule has 1 aromatic rings. The highest BCUT2D eigenvalue weighted by Crippen LogP contribution is 2.36. The van der Waals surface area contributed by atoms with E-state index in [-0.39, 0.29) is 17.6 Å². The van der Waals surface area contributed by atoms with Crippen LogP contribution in [0.1, 0.15) is 37.3 Å². The van der Waals surface area contributed by atoms with E-state index in [2.05, 4.69) is 20.3 Å². The Morgan fingerprint density at radius 1 is 1.21 bits per heavy atom. The second-order valence-electron chi connectivity index (χ2n) is 7.26. The monoisotopic (exact) mass is 378 g/mol. The summed E-state index contributed by atoms with van der Waals surface area (Å²) in [6, 6.07) is 6.09. The molecule has 0 amide bonds. The van der Waals surface area contributed by atoms with Gasteiger partial charge in [-0.25, -0.2) is 19.4 Å². The van der Waals surface area contributed by atoms with Gasteiger partial charge in [0.15, 0.2) is 0 Å². The molecule has 142 valence electrons. The van der Waals surface area contributed by atoms with Crippen LogP contribution >= 0.6 is 0 Å². The molecule has 3 unspecified atom stereocenters. The fourth-order valence-corrected chi connectivity index (χ4v) is 4.06. The molecular formula is C21H19FN4O2. The second kappa shape index (κ2) is 6.82. The molecule has 1 saturated carbocycles. The quantitative estimate of drug-likeness (QED) is 0.815. The molecule has 1 aromatic carbocycles. The number of rotatable bonds is 1. The number of ether oxygens (including phenoxy) is 1. The average Bonchev–Trinajstić information content (AvgIpc) is 3.10. The van der Waals surface area contributed by atoms with Crippen LogP contribution in [-0.2, 0) is 9.53 Å². The number of ketones is 1. The summed E-state index contributed by atoms with van der Waals surface area (Å²) < 4.78 is 19.6. The molecule has 6 nitrogen and oxygen atoms in total. The van der Waals surface area contributed by atoms with Crippen LogP contribution in [-0.4, -0.2) is 29.5 Å². The molecule has 1 fully saturated rings. The first-order chi connectivity index (χ1) is 13.7. The van der Waals surface area contributed by atoms with Gasteiger partial charge in [0.2, 0.25) is 5.96 Å². The molecule has 0 saturated heterocycles. The van der Waals surface area contributed by atoms with Gasteiger partial charge < -0.3 is 4.74 Å². The van der Waals surface area contributed by atoms with E-state index in [4.69, 9.17) is 4.74 Å². The molecule has 2 heterocycles. The summed E-state index contributed by atoms with van der Waals surface area (Å²) in [5, 5.41) is 3.05. The number of allylic oxidation sites excluding steroid dienone is 2. The van der Waals surface area contributed by atoms with Gasteiger partial charge in [-0.05, 0) is 43.0 Å². The second-order valence-corrected chi connectivity index (χ2v) is 7.26. The van der Waals surface area contributed by atoms with E-state index in [0.717, 1.165) is 30.7 Å². The van der Waals surface area contributed by atoms with Crippen molar-refractivity contribution in [2.75, 3.05) is 0 Å². The van der Waals surface area contributed by atoms with Gasteiger partial charge in [-0.1, -0.05) is 24.3 Å². The van der Waals surface area contributed by atoms with Crippen LogP contribution < -0.4 is 5.32 Å². The number of guanidine groups is 1. The zero-order valence-electron chi connectivity index (χ0n) is 15.1. The Morgan fingerprint density at radius 2 is 2.14 bits per heavy atom. The number of halogens is 1. The molecule has 2 aliphatic heterocycles. The normalized spacial score (nSPS) is 28.3. The Kier molecular flexibility index (Phi) is 4.15. The zero-order valence-corrected chi connectivity index (χ0v) is 15.1. The van der Waals surface area contributed by atoms with Crippen LogP contribution in [0.25, 0.3) is 0 Å². The van der Waals surface area contributed by atoms with Crippen molar-refractivity contribution in [1.82, 2.24) is 5.32 Å². The summed E-state index contributed by atoms with van der Waals surface area (Å²) in [5.74, 6) is 0.477. The van der Waals surface area contributed by atoms with Crippen LogP contribution in [0.2, 0.25) is 0 Å². The van der Waals surface area contributed by atoms with E-state index < -0.39 is 12.0 Å². The van der Waals surface area contributed by atoms with Gasteiger partial charge in [-0.15, -0.1) is 0 Å². The number of amidine groups is 1. The van der Waals surface area contributed by atoms with Crippen molar-refractivity contribution in [3.63, 3.8) is 0 Å². The SMILES string of the molecule is O=C1CCCC2=NC(NC3=NC4CC=CC=C4O3)=NC(c3cccc(F)c3)C12. The molecule has 0 aromatic heterocycles. The standard InChI is InChI=1S/C21H19FN4O2/c22-13-6-3-5-12(11-13)19-18-15(8-4-9-16(18)27)23-20(25-19)26-21-24-14-7-1-2-10-17(14)28-21/h1-3,5-6,10-11,14,18-19H,4,7-9H2,(H,24,25,26). The van der Waals surface area contributed by atoms with Crippen LogP contribution in [0.5, 0.6) is 0 Å². The summed E-state index contributed by atoms with van der Waals surface area (Å²) >= 11 is 0. The minimum Gasteiger partial charge on any atom is -0.428 e. The van der Waals surface area contributed by atoms with Crippen molar-refractivity contribution in [1.29, 1.82) is 0 Å². The summed E-state index contributed by atoms with van der Waals surface area (Å²) in [7, 11) is 0. The fourth-order valence-electron chi connectivity index (χ4n) is 4.06. The number of carbonyl (C=O) groups is 1. The Bertz CT molecular complexity index is 992. The van der Waals surface area contributed by atoms with E-state index in [1.807, 2.05) is 18.2 Å². The highest BCUT2D eigenvalue weighted by molar-refractivity contribution is 6.14. The molecule has 0 spiro atoms. The van der Waals surface area contributed by atoms with E-state index >= 15 is 0 Å². The third-order valence-corrected chi connectivity index (χ3v) is 5.37. The molecular weight excluding hydrogens is 359 g/mol. The molecule has 0 bridgehead atoms. The maximum atomic E-state index is 13.8. The molecule has 3 atom stereocenters. The van der Waals surface area contributed by atoms with Gasteiger partial charge >= 0.3 is 0 Å². The van der Waals surface area contributed by atoms with E-state index in [9.17, 15) is 9.18 Å². The van der Waals surface area contributed by atoms with Crippen LogP contribution in [0.4, 0.5) is 4.39 Å². The van der Waals surface area contributed by atoms with Gasteiger partial charge in [0.1, 0.15) is 23.4 Å². The fraction of sp³-hybridized carbons (Fsp3) is 0.333. The van der Waals surface area contributed by atoms with E-state index in [0.29, 0.717) is 24.0 Å². The van der Waals surface area contributed by atoms with Crippen molar-refractivity contribution in [3.8, 4) is 0 Å². The Morgan fingerprint density at radius 3 is 3.00 bits per heavy atom. The summed E-state index contributed by atoms with van der Waals surface area (Å²) in [5.41, 5.74) is 1.46. The first-order valence-corrected chi connectivity index (χ1v) is 9.50. The average molecular weight is 378 g/mol. The van der Waals surface area contributed by atoms with E-state index in [1.54, 1.807) is 12.1 Å². The molecule has 0 radical (unpaired) electrons. The number of hydrogen-bond acceptors (Lipinski definition) is 6. The number of Topliss-reactive ketones (excluding diaryl/α,β-unsaturated/α-hetero) is 1. The largest absolute Gasteiger partial charge is 0.428 e. The molecule has 7 heteroatoms. The molecule has 5 rings (SSSR count). The lowest BCUT2D eigenvalue weighted by Crippen LogP contribution is -2.40. The number of aliphatic imine (C=N–C) groups is 3. The molecule has 1 N–H and O–H groups in total.